The number of carbonyl (C=O) groups is 1. The van der Waals surface area contributed by atoms with Gasteiger partial charge in [-0.15, -0.1) is 0 Å². The summed E-state index contributed by atoms with van der Waals surface area (Å²) >= 11 is 0. The molecule has 138 valence electrons. The van der Waals surface area contributed by atoms with Crippen molar-refractivity contribution in [3.8, 4) is 5.75 Å². The number of alkyl halides is 1. The molecule has 1 amide bonds. The number of aromatic nitrogens is 1. The van der Waals surface area contributed by atoms with Gasteiger partial charge >= 0.3 is 0 Å². The van der Waals surface area contributed by atoms with Gasteiger partial charge in [0, 0.05) is 50.7 Å². The van der Waals surface area contributed by atoms with E-state index in [1.807, 2.05) is 18.2 Å². The molecule has 1 fully saturated rings. The van der Waals surface area contributed by atoms with E-state index in [4.69, 9.17) is 0 Å². The monoisotopic (exact) mass is 358 g/mol. The van der Waals surface area contributed by atoms with Gasteiger partial charge in [-0.1, -0.05) is 30.3 Å². The van der Waals surface area contributed by atoms with E-state index in [-0.39, 0.29) is 43.0 Å². The zero-order chi connectivity index (χ0) is 18.7. The van der Waals surface area contributed by atoms with Crippen molar-refractivity contribution in [2.24, 2.45) is 0 Å². The maximum absolute atomic E-state index is 15.1. The molecule has 1 saturated heterocycles. The van der Waals surface area contributed by atoms with E-state index in [1.165, 1.54) is 10.6 Å². The molecule has 0 unspecified atom stereocenters. The summed E-state index contributed by atoms with van der Waals surface area (Å²) in [6, 6.07) is 11.7. The Bertz CT molecular complexity index is 840. The van der Waals surface area contributed by atoms with Crippen molar-refractivity contribution in [2.75, 3.05) is 13.1 Å². The summed E-state index contributed by atoms with van der Waals surface area (Å²) in [4.78, 5) is 26.0. The Kier molecular flexibility index (Phi) is 5.11. The molecule has 0 atom stereocenters. The van der Waals surface area contributed by atoms with Crippen LogP contribution in [0.1, 0.15) is 30.5 Å². The molecule has 0 spiro atoms. The second-order valence-electron chi connectivity index (χ2n) is 6.81. The van der Waals surface area contributed by atoms with Gasteiger partial charge in [-0.05, 0) is 18.6 Å². The summed E-state index contributed by atoms with van der Waals surface area (Å²) < 4.78 is 16.6. The number of benzene rings is 1. The number of pyridine rings is 1. The highest BCUT2D eigenvalue weighted by Gasteiger charge is 2.37. The molecular weight excluding hydrogens is 335 g/mol. The maximum Gasteiger partial charge on any atom is 0.254 e. The molecule has 1 aromatic heterocycles. The van der Waals surface area contributed by atoms with Gasteiger partial charge in [-0.2, -0.15) is 0 Å². The Hall–Kier alpha value is -2.63. The Morgan fingerprint density at radius 1 is 1.19 bits per heavy atom. The maximum atomic E-state index is 15.1. The minimum Gasteiger partial charge on any atom is -0.508 e. The first-order chi connectivity index (χ1) is 12.4. The molecule has 0 aliphatic carbocycles. The van der Waals surface area contributed by atoms with Gasteiger partial charge < -0.3 is 14.6 Å². The van der Waals surface area contributed by atoms with E-state index >= 15 is 4.39 Å². The zero-order valence-electron chi connectivity index (χ0n) is 14.8. The van der Waals surface area contributed by atoms with E-state index in [0.717, 1.165) is 6.07 Å². The van der Waals surface area contributed by atoms with E-state index in [9.17, 15) is 14.7 Å². The molecule has 2 aromatic rings. The highest BCUT2D eigenvalue weighted by Crippen LogP contribution is 2.36. The van der Waals surface area contributed by atoms with Gasteiger partial charge in [0.05, 0.1) is 0 Å². The molecular formula is C20H23FN2O3. The van der Waals surface area contributed by atoms with Crippen LogP contribution in [-0.2, 0) is 17.0 Å². The topological polar surface area (TPSA) is 62.5 Å². The summed E-state index contributed by atoms with van der Waals surface area (Å²) in [6.07, 6.45) is 0.734. The minimum atomic E-state index is -1.39. The van der Waals surface area contributed by atoms with Crippen LogP contribution in [0.3, 0.4) is 0 Å². The second kappa shape index (κ2) is 7.32. The van der Waals surface area contributed by atoms with Crippen molar-refractivity contribution in [1.29, 1.82) is 0 Å². The van der Waals surface area contributed by atoms with Gasteiger partial charge in [0.25, 0.3) is 5.56 Å². The first-order valence-electron chi connectivity index (χ1n) is 8.82. The third-order valence-electron chi connectivity index (χ3n) is 5.07. The number of rotatable bonds is 4. The lowest BCUT2D eigenvalue weighted by Gasteiger charge is -2.36. The fourth-order valence-corrected chi connectivity index (χ4v) is 3.50. The van der Waals surface area contributed by atoms with E-state index < -0.39 is 5.67 Å². The molecule has 0 saturated carbocycles. The SMILES string of the molecule is Cc1cc(O)cc(=O)n1CCC(=O)N1CCC(F)(c2ccccc2)CC1. The van der Waals surface area contributed by atoms with E-state index in [2.05, 4.69) is 0 Å². The number of aromatic hydroxyl groups is 1. The van der Waals surface area contributed by atoms with Crippen LogP contribution in [0, 0.1) is 6.92 Å². The number of carbonyl (C=O) groups excluding carboxylic acids is 1. The van der Waals surface area contributed by atoms with Crippen molar-refractivity contribution >= 4 is 5.91 Å². The fourth-order valence-electron chi connectivity index (χ4n) is 3.50. The van der Waals surface area contributed by atoms with Crippen LogP contribution in [0.15, 0.2) is 47.3 Å². The predicted molar refractivity (Wildman–Crippen MR) is 96.8 cm³/mol. The van der Waals surface area contributed by atoms with Crippen LogP contribution in [0.2, 0.25) is 0 Å². The summed E-state index contributed by atoms with van der Waals surface area (Å²) in [6.45, 7) is 2.70. The normalized spacial score (nSPS) is 16.5. The molecule has 1 aromatic carbocycles. The smallest absolute Gasteiger partial charge is 0.254 e. The zero-order valence-corrected chi connectivity index (χ0v) is 14.8. The first kappa shape index (κ1) is 18.2. The molecule has 0 bridgehead atoms. The number of hydrogen-bond acceptors (Lipinski definition) is 3. The Labute approximate surface area is 151 Å². The third kappa shape index (κ3) is 3.79. The number of amides is 1. The van der Waals surface area contributed by atoms with Crippen LogP contribution in [-0.4, -0.2) is 33.6 Å². The summed E-state index contributed by atoms with van der Waals surface area (Å²) in [5.41, 5.74) is -0.449. The number of aryl methyl sites for hydroxylation is 1. The molecule has 3 rings (SSSR count). The molecule has 26 heavy (non-hydrogen) atoms. The van der Waals surface area contributed by atoms with E-state index in [0.29, 0.717) is 24.3 Å². The van der Waals surface area contributed by atoms with Crippen LogP contribution < -0.4 is 5.56 Å². The lowest BCUT2D eigenvalue weighted by molar-refractivity contribution is -0.134. The average molecular weight is 358 g/mol. The Morgan fingerprint density at radius 2 is 1.85 bits per heavy atom. The predicted octanol–water partition coefficient (Wildman–Crippen LogP) is 2.74. The molecule has 0 radical (unpaired) electrons. The number of halogens is 1. The van der Waals surface area contributed by atoms with Crippen molar-refractivity contribution in [3.63, 3.8) is 0 Å². The van der Waals surface area contributed by atoms with Crippen LogP contribution >= 0.6 is 0 Å². The van der Waals surface area contributed by atoms with Crippen LogP contribution in [0.5, 0.6) is 5.75 Å². The molecule has 5 nitrogen and oxygen atoms in total. The van der Waals surface area contributed by atoms with Gasteiger partial charge in [-0.3, -0.25) is 9.59 Å². The quantitative estimate of drug-likeness (QED) is 0.914. The number of likely N-dealkylation sites (tertiary alicyclic amines) is 1. The highest BCUT2D eigenvalue weighted by molar-refractivity contribution is 5.76. The Morgan fingerprint density at radius 3 is 2.46 bits per heavy atom. The van der Waals surface area contributed by atoms with Crippen molar-refractivity contribution in [3.05, 3.63) is 64.1 Å². The van der Waals surface area contributed by atoms with Gasteiger partial charge in [-0.25, -0.2) is 4.39 Å². The average Bonchev–Trinajstić information content (AvgIpc) is 2.62. The van der Waals surface area contributed by atoms with Gasteiger partial charge in [0.15, 0.2) is 0 Å². The van der Waals surface area contributed by atoms with Crippen LogP contribution in [0.25, 0.3) is 0 Å². The number of piperidine rings is 1. The highest BCUT2D eigenvalue weighted by atomic mass is 19.1. The molecule has 2 heterocycles. The molecule has 6 heteroatoms. The Balaban J connectivity index is 1.59. The van der Waals surface area contributed by atoms with Crippen LogP contribution in [0.4, 0.5) is 4.39 Å². The third-order valence-corrected chi connectivity index (χ3v) is 5.07. The van der Waals surface area contributed by atoms with Gasteiger partial charge in [0.1, 0.15) is 11.4 Å². The lowest BCUT2D eigenvalue weighted by Crippen LogP contribution is -2.43. The summed E-state index contributed by atoms with van der Waals surface area (Å²) in [5.74, 6) is -0.161. The fraction of sp³-hybridized carbons (Fsp3) is 0.400. The molecule has 1 N–H and O–H groups in total. The van der Waals surface area contributed by atoms with E-state index in [1.54, 1.807) is 24.0 Å². The van der Waals surface area contributed by atoms with Gasteiger partial charge in [0.2, 0.25) is 5.91 Å². The minimum absolute atomic E-state index is 0.0775. The molecule has 1 aliphatic rings. The standard InChI is InChI=1S/C20H23FN2O3/c1-15-13-17(24)14-19(26)23(15)10-7-18(25)22-11-8-20(21,9-12-22)16-5-3-2-4-6-16/h2-6,13-14,24H,7-12H2,1H3. The lowest BCUT2D eigenvalue weighted by atomic mass is 9.86. The first-order valence-corrected chi connectivity index (χ1v) is 8.82. The number of hydrogen-bond donors (Lipinski definition) is 1. The van der Waals surface area contributed by atoms with Crippen molar-refractivity contribution < 1.29 is 14.3 Å². The molecule has 1 aliphatic heterocycles. The second-order valence-corrected chi connectivity index (χ2v) is 6.81. The largest absolute Gasteiger partial charge is 0.508 e. The summed E-state index contributed by atoms with van der Waals surface area (Å²) in [5, 5.41) is 9.42. The number of nitrogens with zero attached hydrogens (tertiary/aromatic N) is 2. The van der Waals surface area contributed by atoms with Crippen molar-refractivity contribution in [1.82, 2.24) is 9.47 Å². The summed E-state index contributed by atoms with van der Waals surface area (Å²) in [7, 11) is 0. The van der Waals surface area contributed by atoms with Crippen molar-refractivity contribution in [2.45, 2.75) is 38.4 Å².